The standard InChI is InChI=1S/C10H7NS3/c1-11-7-5-3-2-4-6(7)8-9(11)13-14-10(8)12/h2-5H,1H3. The van der Waals surface area contributed by atoms with Crippen LogP contribution in [0.2, 0.25) is 0 Å². The summed E-state index contributed by atoms with van der Waals surface area (Å²) in [6.45, 7) is 0. The fourth-order valence-corrected chi connectivity index (χ4v) is 4.68. The lowest BCUT2D eigenvalue weighted by Crippen LogP contribution is -1.82. The summed E-state index contributed by atoms with van der Waals surface area (Å²) in [5, 5.41) is 2.54. The quantitative estimate of drug-likeness (QED) is 0.419. The van der Waals surface area contributed by atoms with Gasteiger partial charge in [0.2, 0.25) is 0 Å². The maximum Gasteiger partial charge on any atom is 0.116 e. The van der Waals surface area contributed by atoms with E-state index in [0.717, 1.165) is 3.82 Å². The van der Waals surface area contributed by atoms with Gasteiger partial charge in [0.05, 0.1) is 0 Å². The molecule has 0 aliphatic rings. The van der Waals surface area contributed by atoms with Gasteiger partial charge >= 0.3 is 0 Å². The second-order valence-corrected chi connectivity index (χ2v) is 6.01. The first-order valence-corrected chi connectivity index (χ1v) is 6.81. The Balaban J connectivity index is 2.78. The molecule has 0 atom stereocenters. The van der Waals surface area contributed by atoms with Crippen molar-refractivity contribution in [2.45, 2.75) is 0 Å². The van der Waals surface area contributed by atoms with E-state index in [2.05, 4.69) is 35.9 Å². The first kappa shape index (κ1) is 8.59. The molecule has 0 amide bonds. The van der Waals surface area contributed by atoms with Gasteiger partial charge in [-0.2, -0.15) is 0 Å². The number of benzene rings is 1. The van der Waals surface area contributed by atoms with Gasteiger partial charge in [0.25, 0.3) is 0 Å². The first-order valence-electron chi connectivity index (χ1n) is 4.25. The second-order valence-electron chi connectivity index (χ2n) is 3.21. The van der Waals surface area contributed by atoms with Crippen molar-refractivity contribution < 1.29 is 0 Å². The van der Waals surface area contributed by atoms with Gasteiger partial charge in [-0.05, 0) is 6.07 Å². The molecule has 0 bridgehead atoms. The van der Waals surface area contributed by atoms with Crippen molar-refractivity contribution in [3.05, 3.63) is 28.1 Å². The van der Waals surface area contributed by atoms with Crippen LogP contribution in [0.4, 0.5) is 0 Å². The van der Waals surface area contributed by atoms with Crippen molar-refractivity contribution in [1.82, 2.24) is 4.57 Å². The molecule has 0 aliphatic carbocycles. The molecule has 14 heavy (non-hydrogen) atoms. The van der Waals surface area contributed by atoms with Crippen LogP contribution in [0, 0.1) is 3.82 Å². The van der Waals surface area contributed by atoms with E-state index in [-0.39, 0.29) is 0 Å². The molecule has 0 spiro atoms. The number of para-hydroxylation sites is 1. The van der Waals surface area contributed by atoms with Gasteiger partial charge < -0.3 is 4.57 Å². The van der Waals surface area contributed by atoms with E-state index in [9.17, 15) is 0 Å². The minimum Gasteiger partial charge on any atom is -0.335 e. The van der Waals surface area contributed by atoms with Crippen molar-refractivity contribution in [3.8, 4) is 0 Å². The molecule has 2 heterocycles. The van der Waals surface area contributed by atoms with Crippen LogP contribution in [0.5, 0.6) is 0 Å². The predicted molar refractivity (Wildman–Crippen MR) is 67.0 cm³/mol. The summed E-state index contributed by atoms with van der Waals surface area (Å²) in [6, 6.07) is 8.42. The zero-order valence-electron chi connectivity index (χ0n) is 7.48. The molecule has 0 saturated carbocycles. The van der Waals surface area contributed by atoms with Crippen LogP contribution < -0.4 is 0 Å². The van der Waals surface area contributed by atoms with E-state index in [0.29, 0.717) is 0 Å². The van der Waals surface area contributed by atoms with Crippen LogP contribution in [0.15, 0.2) is 24.3 Å². The minimum atomic E-state index is 1.02. The molecule has 0 unspecified atom stereocenters. The van der Waals surface area contributed by atoms with Crippen molar-refractivity contribution in [2.75, 3.05) is 0 Å². The second kappa shape index (κ2) is 2.89. The Kier molecular flexibility index (Phi) is 1.77. The lowest BCUT2D eigenvalue weighted by Gasteiger charge is -1.94. The number of fused-ring (bicyclic) bond motifs is 3. The number of aryl methyl sites for hydroxylation is 1. The highest BCUT2D eigenvalue weighted by Crippen LogP contribution is 2.35. The first-order chi connectivity index (χ1) is 6.79. The topological polar surface area (TPSA) is 4.93 Å². The lowest BCUT2D eigenvalue weighted by atomic mass is 10.2. The highest BCUT2D eigenvalue weighted by molar-refractivity contribution is 7.81. The Morgan fingerprint density at radius 2 is 2.00 bits per heavy atom. The summed E-state index contributed by atoms with van der Waals surface area (Å²) in [7, 11) is 5.56. The summed E-state index contributed by atoms with van der Waals surface area (Å²) in [4.78, 5) is 1.29. The van der Waals surface area contributed by atoms with Crippen LogP contribution in [-0.2, 0) is 7.05 Å². The normalized spacial score (nSPS) is 11.5. The van der Waals surface area contributed by atoms with E-state index < -0.39 is 0 Å². The SMILES string of the molecule is Cn1c2ccccc2c2c(=S)ssc21. The van der Waals surface area contributed by atoms with E-state index in [1.807, 2.05) is 0 Å². The molecule has 0 fully saturated rings. The highest BCUT2D eigenvalue weighted by Gasteiger charge is 2.10. The summed E-state index contributed by atoms with van der Waals surface area (Å²) in [6.07, 6.45) is 0. The van der Waals surface area contributed by atoms with Crippen LogP contribution in [-0.4, -0.2) is 4.57 Å². The van der Waals surface area contributed by atoms with E-state index in [1.165, 1.54) is 21.1 Å². The fraction of sp³-hybridized carbons (Fsp3) is 0.100. The molecular formula is C10H7NS3. The predicted octanol–water partition coefficient (Wildman–Crippen LogP) is 4.18. The molecule has 2 aromatic heterocycles. The maximum absolute atomic E-state index is 5.34. The van der Waals surface area contributed by atoms with Gasteiger partial charge in [0.15, 0.2) is 0 Å². The number of hydrogen-bond acceptors (Lipinski definition) is 3. The summed E-state index contributed by atoms with van der Waals surface area (Å²) in [5.41, 5.74) is 1.27. The fourth-order valence-electron chi connectivity index (χ4n) is 1.78. The summed E-state index contributed by atoms with van der Waals surface area (Å²) < 4.78 is 3.24. The van der Waals surface area contributed by atoms with E-state index >= 15 is 0 Å². The summed E-state index contributed by atoms with van der Waals surface area (Å²) in [5.74, 6) is 0. The number of rotatable bonds is 0. The third kappa shape index (κ3) is 0.960. The Morgan fingerprint density at radius 1 is 1.21 bits per heavy atom. The van der Waals surface area contributed by atoms with Gasteiger partial charge in [0.1, 0.15) is 8.65 Å². The van der Waals surface area contributed by atoms with Gasteiger partial charge in [-0.15, -0.1) is 0 Å². The molecule has 4 heteroatoms. The smallest absolute Gasteiger partial charge is 0.116 e. The molecule has 3 aromatic rings. The minimum absolute atomic E-state index is 1.02. The molecule has 3 rings (SSSR count). The molecule has 0 radical (unpaired) electrons. The van der Waals surface area contributed by atoms with Gasteiger partial charge in [-0.3, -0.25) is 0 Å². The number of nitrogens with zero attached hydrogens (tertiary/aromatic N) is 1. The number of aromatic nitrogens is 1. The summed E-state index contributed by atoms with van der Waals surface area (Å²) >= 11 is 5.34. The maximum atomic E-state index is 5.34. The van der Waals surface area contributed by atoms with Crippen LogP contribution in [0.3, 0.4) is 0 Å². The van der Waals surface area contributed by atoms with Crippen molar-refractivity contribution >= 4 is 54.0 Å². The highest BCUT2D eigenvalue weighted by atomic mass is 32.9. The molecular weight excluding hydrogens is 230 g/mol. The molecule has 0 N–H and O–H groups in total. The van der Waals surface area contributed by atoms with E-state index in [1.54, 1.807) is 20.7 Å². The monoisotopic (exact) mass is 237 g/mol. The van der Waals surface area contributed by atoms with Crippen LogP contribution in [0.1, 0.15) is 0 Å². The molecule has 0 saturated heterocycles. The van der Waals surface area contributed by atoms with Crippen molar-refractivity contribution in [1.29, 1.82) is 0 Å². The average molecular weight is 237 g/mol. The van der Waals surface area contributed by atoms with Gasteiger partial charge in [0, 0.05) is 23.3 Å². The van der Waals surface area contributed by atoms with Crippen LogP contribution >= 0.6 is 32.9 Å². The van der Waals surface area contributed by atoms with Gasteiger partial charge in [-0.1, -0.05) is 51.1 Å². The largest absolute Gasteiger partial charge is 0.335 e. The molecule has 1 nitrogen and oxygen atoms in total. The zero-order valence-corrected chi connectivity index (χ0v) is 9.93. The zero-order chi connectivity index (χ0) is 9.71. The van der Waals surface area contributed by atoms with E-state index in [4.69, 9.17) is 12.2 Å². The molecule has 70 valence electrons. The van der Waals surface area contributed by atoms with Gasteiger partial charge in [-0.25, -0.2) is 0 Å². The third-order valence-electron chi connectivity index (χ3n) is 2.45. The lowest BCUT2D eigenvalue weighted by molar-refractivity contribution is 1.02. The Labute approximate surface area is 93.6 Å². The molecule has 0 aliphatic heterocycles. The Bertz CT molecular complexity index is 671. The molecule has 1 aromatic carbocycles. The average Bonchev–Trinajstić information content (AvgIpc) is 2.70. The van der Waals surface area contributed by atoms with Crippen molar-refractivity contribution in [3.63, 3.8) is 0 Å². The third-order valence-corrected chi connectivity index (χ3v) is 5.52. The van der Waals surface area contributed by atoms with Crippen molar-refractivity contribution in [2.24, 2.45) is 7.05 Å². The Morgan fingerprint density at radius 3 is 2.86 bits per heavy atom. The Hall–Kier alpha value is -0.710. The number of hydrogen-bond donors (Lipinski definition) is 0. The van der Waals surface area contributed by atoms with Crippen LogP contribution in [0.25, 0.3) is 21.1 Å².